The lowest BCUT2D eigenvalue weighted by molar-refractivity contribution is -0.111. The Hall–Kier alpha value is -3.01. The van der Waals surface area contributed by atoms with E-state index in [1.165, 1.54) is 0 Å². The van der Waals surface area contributed by atoms with Crippen molar-refractivity contribution >= 4 is 11.6 Å². The lowest BCUT2D eigenvalue weighted by atomic mass is 10.1. The monoisotopic (exact) mass is 289 g/mol. The number of aliphatic hydroxyl groups is 1. The molecule has 2 rings (SSSR count). The van der Waals surface area contributed by atoms with E-state index in [-0.39, 0.29) is 12.5 Å². The topological polar surface area (TPSA) is 49.3 Å². The molecule has 0 atom stereocenters. The predicted octanol–water partition coefficient (Wildman–Crippen LogP) is 2.54. The normalized spacial score (nSPS) is 9.00. The number of aliphatic hydroxyl groups excluding tert-OH is 1. The third-order valence-corrected chi connectivity index (χ3v) is 2.87. The van der Waals surface area contributed by atoms with Crippen molar-refractivity contribution in [2.75, 3.05) is 5.32 Å². The van der Waals surface area contributed by atoms with E-state index in [0.717, 1.165) is 16.7 Å². The van der Waals surface area contributed by atoms with Crippen molar-refractivity contribution in [2.45, 2.75) is 13.5 Å². The Morgan fingerprint density at radius 3 is 2.18 bits per heavy atom. The van der Waals surface area contributed by atoms with E-state index < -0.39 is 0 Å². The number of carbonyl (C=O) groups is 1. The molecule has 22 heavy (non-hydrogen) atoms. The van der Waals surface area contributed by atoms with Crippen LogP contribution in [-0.4, -0.2) is 11.0 Å². The summed E-state index contributed by atoms with van der Waals surface area (Å²) >= 11 is 0. The molecule has 108 valence electrons. The largest absolute Gasteiger partial charge is 0.392 e. The Labute approximate surface area is 130 Å². The Balaban J connectivity index is 2.00. The van der Waals surface area contributed by atoms with Gasteiger partial charge in [-0.1, -0.05) is 24.0 Å². The molecule has 0 aromatic heterocycles. The summed E-state index contributed by atoms with van der Waals surface area (Å²) in [5.41, 5.74) is 3.11. The summed E-state index contributed by atoms with van der Waals surface area (Å²) in [5, 5.41) is 11.7. The zero-order chi connectivity index (χ0) is 15.8. The lowest BCUT2D eigenvalue weighted by Crippen LogP contribution is -2.08. The van der Waals surface area contributed by atoms with Gasteiger partial charge in [-0.25, -0.2) is 0 Å². The highest BCUT2D eigenvalue weighted by atomic mass is 16.3. The minimum absolute atomic E-state index is 0.00734. The SMILES string of the molecule is CC#Cc1ccc(NC(=O)C#Cc2ccc(CO)cc2)cc1. The van der Waals surface area contributed by atoms with E-state index in [1.807, 2.05) is 12.1 Å². The molecule has 2 aromatic carbocycles. The van der Waals surface area contributed by atoms with Gasteiger partial charge in [0.25, 0.3) is 0 Å². The van der Waals surface area contributed by atoms with Gasteiger partial charge in [-0.15, -0.1) is 5.92 Å². The molecule has 0 heterocycles. The van der Waals surface area contributed by atoms with E-state index in [9.17, 15) is 4.79 Å². The van der Waals surface area contributed by atoms with Gasteiger partial charge in [0.1, 0.15) is 0 Å². The predicted molar refractivity (Wildman–Crippen MR) is 86.9 cm³/mol. The van der Waals surface area contributed by atoms with Crippen LogP contribution >= 0.6 is 0 Å². The maximum absolute atomic E-state index is 11.8. The van der Waals surface area contributed by atoms with Gasteiger partial charge in [-0.05, 0) is 48.9 Å². The quantitative estimate of drug-likeness (QED) is 0.835. The summed E-state index contributed by atoms with van der Waals surface area (Å²) < 4.78 is 0. The van der Waals surface area contributed by atoms with Crippen LogP contribution in [-0.2, 0) is 11.4 Å². The second kappa shape index (κ2) is 7.69. The zero-order valence-corrected chi connectivity index (χ0v) is 12.2. The zero-order valence-electron chi connectivity index (χ0n) is 12.2. The summed E-state index contributed by atoms with van der Waals surface area (Å²) in [6, 6.07) is 14.3. The van der Waals surface area contributed by atoms with Crippen molar-refractivity contribution in [3.05, 3.63) is 65.2 Å². The second-order valence-electron chi connectivity index (χ2n) is 4.51. The Morgan fingerprint density at radius 2 is 1.59 bits per heavy atom. The van der Waals surface area contributed by atoms with Crippen LogP contribution in [0.25, 0.3) is 0 Å². The Kier molecular flexibility index (Phi) is 5.37. The van der Waals surface area contributed by atoms with Crippen molar-refractivity contribution in [2.24, 2.45) is 0 Å². The van der Waals surface area contributed by atoms with Crippen LogP contribution in [0.5, 0.6) is 0 Å². The van der Waals surface area contributed by atoms with Crippen molar-refractivity contribution in [3.63, 3.8) is 0 Å². The second-order valence-corrected chi connectivity index (χ2v) is 4.51. The highest BCUT2D eigenvalue weighted by Gasteiger charge is 1.98. The first-order valence-electron chi connectivity index (χ1n) is 6.77. The summed E-state index contributed by atoms with van der Waals surface area (Å²) in [6.07, 6.45) is 0. The van der Waals surface area contributed by atoms with Crippen LogP contribution in [0.2, 0.25) is 0 Å². The number of amides is 1. The van der Waals surface area contributed by atoms with Crippen LogP contribution in [0, 0.1) is 23.7 Å². The molecule has 2 aromatic rings. The van der Waals surface area contributed by atoms with Crippen LogP contribution < -0.4 is 5.32 Å². The molecule has 0 aliphatic heterocycles. The van der Waals surface area contributed by atoms with Gasteiger partial charge in [-0.2, -0.15) is 0 Å². The van der Waals surface area contributed by atoms with Crippen molar-refractivity contribution in [3.8, 4) is 23.7 Å². The third-order valence-electron chi connectivity index (χ3n) is 2.87. The number of rotatable bonds is 2. The smallest absolute Gasteiger partial charge is 0.300 e. The first-order valence-corrected chi connectivity index (χ1v) is 6.77. The van der Waals surface area contributed by atoms with Crippen molar-refractivity contribution in [1.82, 2.24) is 0 Å². The number of hydrogen-bond acceptors (Lipinski definition) is 2. The standard InChI is InChI=1S/C19H15NO2/c1-2-3-15-8-11-18(12-9-15)20-19(22)13-10-16-4-6-17(14-21)7-5-16/h4-9,11-12,21H,14H2,1H3,(H,20,22). The van der Waals surface area contributed by atoms with Gasteiger partial charge in [0, 0.05) is 22.7 Å². The number of nitrogens with one attached hydrogen (secondary N) is 1. The molecular weight excluding hydrogens is 274 g/mol. The fourth-order valence-corrected chi connectivity index (χ4v) is 1.77. The fourth-order valence-electron chi connectivity index (χ4n) is 1.77. The molecule has 0 bridgehead atoms. The summed E-state index contributed by atoms with van der Waals surface area (Å²) in [7, 11) is 0. The molecule has 1 amide bonds. The first kappa shape index (κ1) is 15.4. The molecular formula is C19H15NO2. The average Bonchev–Trinajstić information content (AvgIpc) is 2.55. The molecule has 0 radical (unpaired) electrons. The summed E-state index contributed by atoms with van der Waals surface area (Å²) in [5.74, 6) is 10.7. The number of benzene rings is 2. The van der Waals surface area contributed by atoms with Gasteiger partial charge in [0.05, 0.1) is 6.61 Å². The molecule has 0 spiro atoms. The van der Waals surface area contributed by atoms with Gasteiger partial charge < -0.3 is 10.4 Å². The van der Waals surface area contributed by atoms with Crippen molar-refractivity contribution < 1.29 is 9.90 Å². The number of carbonyl (C=O) groups excluding carboxylic acids is 1. The molecule has 2 N–H and O–H groups in total. The molecule has 3 nitrogen and oxygen atoms in total. The van der Waals surface area contributed by atoms with Crippen LogP contribution in [0.3, 0.4) is 0 Å². The number of hydrogen-bond donors (Lipinski definition) is 2. The maximum Gasteiger partial charge on any atom is 0.300 e. The van der Waals surface area contributed by atoms with Gasteiger partial charge in [-0.3, -0.25) is 4.79 Å². The minimum atomic E-state index is -0.374. The van der Waals surface area contributed by atoms with Crippen LogP contribution in [0.15, 0.2) is 48.5 Å². The number of anilines is 1. The van der Waals surface area contributed by atoms with E-state index in [4.69, 9.17) is 5.11 Å². The van der Waals surface area contributed by atoms with E-state index >= 15 is 0 Å². The highest BCUT2D eigenvalue weighted by Crippen LogP contribution is 2.08. The Bertz CT molecular complexity index is 767. The fraction of sp³-hybridized carbons (Fsp3) is 0.105. The third kappa shape index (κ3) is 4.52. The minimum Gasteiger partial charge on any atom is -0.392 e. The van der Waals surface area contributed by atoms with E-state index in [1.54, 1.807) is 43.3 Å². The first-order chi connectivity index (χ1) is 10.7. The summed E-state index contributed by atoms with van der Waals surface area (Å²) in [4.78, 5) is 11.8. The van der Waals surface area contributed by atoms with Gasteiger partial charge in [0.15, 0.2) is 0 Å². The molecule has 0 fully saturated rings. The van der Waals surface area contributed by atoms with E-state index in [2.05, 4.69) is 29.0 Å². The molecule has 0 aliphatic rings. The van der Waals surface area contributed by atoms with Crippen LogP contribution in [0.1, 0.15) is 23.6 Å². The molecule has 0 saturated heterocycles. The highest BCUT2D eigenvalue weighted by molar-refractivity contribution is 6.04. The molecule has 0 saturated carbocycles. The maximum atomic E-state index is 11.8. The molecule has 0 aliphatic carbocycles. The lowest BCUT2D eigenvalue weighted by Gasteiger charge is -2.00. The summed E-state index contributed by atoms with van der Waals surface area (Å²) in [6.45, 7) is 1.77. The van der Waals surface area contributed by atoms with Crippen LogP contribution in [0.4, 0.5) is 5.69 Å². The van der Waals surface area contributed by atoms with E-state index in [0.29, 0.717) is 5.69 Å². The molecule has 0 unspecified atom stereocenters. The van der Waals surface area contributed by atoms with Gasteiger partial charge in [0.2, 0.25) is 0 Å². The van der Waals surface area contributed by atoms with Gasteiger partial charge >= 0.3 is 5.91 Å². The van der Waals surface area contributed by atoms with Crippen molar-refractivity contribution in [1.29, 1.82) is 0 Å². The Morgan fingerprint density at radius 1 is 1.00 bits per heavy atom. The molecule has 3 heteroatoms. The average molecular weight is 289 g/mol.